The number of amides is 2. The van der Waals surface area contributed by atoms with Crippen molar-refractivity contribution in [3.63, 3.8) is 0 Å². The van der Waals surface area contributed by atoms with Gasteiger partial charge in [-0.1, -0.05) is 19.9 Å². The molecule has 0 bridgehead atoms. The van der Waals surface area contributed by atoms with Gasteiger partial charge >= 0.3 is 0 Å². The lowest BCUT2D eigenvalue weighted by Crippen LogP contribution is -2.50. The van der Waals surface area contributed by atoms with E-state index < -0.39 is 0 Å². The first-order valence-corrected chi connectivity index (χ1v) is 8.76. The highest BCUT2D eigenvalue weighted by Crippen LogP contribution is 2.09. The molecule has 6 heteroatoms. The van der Waals surface area contributed by atoms with Crippen molar-refractivity contribution in [1.29, 1.82) is 0 Å². The normalized spacial score (nSPS) is 16.0. The van der Waals surface area contributed by atoms with E-state index in [1.54, 1.807) is 0 Å². The minimum absolute atomic E-state index is 0.000692. The molecular formula is C16H25N3O2S. The Kier molecular flexibility index (Phi) is 6.39. The van der Waals surface area contributed by atoms with Crippen LogP contribution in [0.5, 0.6) is 0 Å². The minimum Gasteiger partial charge on any atom is -0.350 e. The van der Waals surface area contributed by atoms with Gasteiger partial charge in [-0.15, -0.1) is 11.3 Å². The Morgan fingerprint density at radius 1 is 1.27 bits per heavy atom. The lowest BCUT2D eigenvalue weighted by molar-refractivity contribution is -0.133. The highest BCUT2D eigenvalue weighted by molar-refractivity contribution is 7.12. The second-order valence-electron chi connectivity index (χ2n) is 6.05. The van der Waals surface area contributed by atoms with E-state index in [9.17, 15) is 9.59 Å². The zero-order chi connectivity index (χ0) is 15.9. The van der Waals surface area contributed by atoms with Gasteiger partial charge < -0.3 is 10.2 Å². The molecule has 122 valence electrons. The van der Waals surface area contributed by atoms with Crippen LogP contribution < -0.4 is 5.32 Å². The zero-order valence-corrected chi connectivity index (χ0v) is 14.2. The van der Waals surface area contributed by atoms with Gasteiger partial charge in [-0.05, 0) is 17.4 Å². The van der Waals surface area contributed by atoms with Gasteiger partial charge in [-0.2, -0.15) is 0 Å². The van der Waals surface area contributed by atoms with Crippen molar-refractivity contribution < 1.29 is 9.59 Å². The molecule has 0 radical (unpaired) electrons. The number of rotatable bonds is 6. The maximum absolute atomic E-state index is 12.0. The van der Waals surface area contributed by atoms with E-state index in [-0.39, 0.29) is 11.8 Å². The summed E-state index contributed by atoms with van der Waals surface area (Å²) in [5.41, 5.74) is 0. The molecule has 1 N–H and O–H groups in total. The Labute approximate surface area is 136 Å². The Balaban J connectivity index is 1.63. The van der Waals surface area contributed by atoms with Gasteiger partial charge in [0.25, 0.3) is 5.91 Å². The highest BCUT2D eigenvalue weighted by atomic mass is 32.1. The molecule has 1 saturated heterocycles. The summed E-state index contributed by atoms with van der Waals surface area (Å²) in [4.78, 5) is 28.8. The number of carbonyl (C=O) groups is 2. The van der Waals surface area contributed by atoms with Crippen LogP contribution >= 0.6 is 11.3 Å². The van der Waals surface area contributed by atoms with Crippen molar-refractivity contribution >= 4 is 23.2 Å². The number of carbonyl (C=O) groups excluding carboxylic acids is 2. The largest absolute Gasteiger partial charge is 0.350 e. The van der Waals surface area contributed by atoms with E-state index in [1.165, 1.54) is 11.3 Å². The molecule has 22 heavy (non-hydrogen) atoms. The third kappa shape index (κ3) is 5.10. The summed E-state index contributed by atoms with van der Waals surface area (Å²) in [6.07, 6.45) is 0.636. The molecule has 1 fully saturated rings. The van der Waals surface area contributed by atoms with Crippen LogP contribution in [-0.2, 0) is 4.79 Å². The molecule has 2 amide bonds. The number of hydrogen-bond acceptors (Lipinski definition) is 4. The number of piperazine rings is 1. The topological polar surface area (TPSA) is 52.7 Å². The van der Waals surface area contributed by atoms with Crippen molar-refractivity contribution in [2.75, 3.05) is 39.3 Å². The molecular weight excluding hydrogens is 298 g/mol. The average molecular weight is 323 g/mol. The van der Waals surface area contributed by atoms with E-state index in [4.69, 9.17) is 0 Å². The fourth-order valence-electron chi connectivity index (χ4n) is 2.52. The molecule has 0 aliphatic carbocycles. The number of nitrogens with one attached hydrogen (secondary N) is 1. The van der Waals surface area contributed by atoms with Crippen LogP contribution in [0.4, 0.5) is 0 Å². The lowest BCUT2D eigenvalue weighted by Gasteiger charge is -2.35. The summed E-state index contributed by atoms with van der Waals surface area (Å²) in [7, 11) is 0. The fraction of sp³-hybridized carbons (Fsp3) is 0.625. The van der Waals surface area contributed by atoms with Crippen LogP contribution in [0, 0.1) is 5.92 Å². The first kappa shape index (κ1) is 17.0. The maximum Gasteiger partial charge on any atom is 0.261 e. The van der Waals surface area contributed by atoms with E-state index in [2.05, 4.69) is 24.1 Å². The van der Waals surface area contributed by atoms with Crippen molar-refractivity contribution in [2.24, 2.45) is 5.92 Å². The molecule has 1 aromatic heterocycles. The molecule has 0 atom stereocenters. The van der Waals surface area contributed by atoms with Gasteiger partial charge in [-0.3, -0.25) is 14.5 Å². The Bertz CT molecular complexity index is 480. The van der Waals surface area contributed by atoms with E-state index in [0.717, 1.165) is 37.6 Å². The summed E-state index contributed by atoms with van der Waals surface area (Å²) in [6.45, 7) is 9.00. The van der Waals surface area contributed by atoms with E-state index >= 15 is 0 Å². The Hall–Kier alpha value is -1.40. The Morgan fingerprint density at radius 2 is 2.00 bits per heavy atom. The van der Waals surface area contributed by atoms with E-state index in [0.29, 0.717) is 18.9 Å². The quantitative estimate of drug-likeness (QED) is 0.866. The summed E-state index contributed by atoms with van der Waals surface area (Å²) < 4.78 is 0. The summed E-state index contributed by atoms with van der Waals surface area (Å²) in [6, 6.07) is 3.71. The van der Waals surface area contributed by atoms with Crippen molar-refractivity contribution in [1.82, 2.24) is 15.1 Å². The van der Waals surface area contributed by atoms with Gasteiger partial charge in [0, 0.05) is 45.7 Å². The molecule has 5 nitrogen and oxygen atoms in total. The standard InChI is InChI=1S/C16H25N3O2S/c1-13(2)12-15(20)19-9-7-18(8-10-19)6-5-17-16(21)14-4-3-11-22-14/h3-4,11,13H,5-10,12H2,1-2H3,(H,17,21). The average Bonchev–Trinajstić information content (AvgIpc) is 3.01. The van der Waals surface area contributed by atoms with E-state index in [1.807, 2.05) is 22.4 Å². The number of thiophene rings is 1. The minimum atomic E-state index is 0.000692. The second-order valence-corrected chi connectivity index (χ2v) is 7.00. The fourth-order valence-corrected chi connectivity index (χ4v) is 3.16. The summed E-state index contributed by atoms with van der Waals surface area (Å²) in [5.74, 6) is 0.680. The smallest absolute Gasteiger partial charge is 0.261 e. The predicted octanol–water partition coefficient (Wildman–Crippen LogP) is 1.67. The SMILES string of the molecule is CC(C)CC(=O)N1CCN(CCNC(=O)c2cccs2)CC1. The number of hydrogen-bond donors (Lipinski definition) is 1. The first-order valence-electron chi connectivity index (χ1n) is 7.88. The van der Waals surface area contributed by atoms with Gasteiger partial charge in [-0.25, -0.2) is 0 Å². The molecule has 0 aromatic carbocycles. The number of nitrogens with zero attached hydrogens (tertiary/aromatic N) is 2. The van der Waals surface area contributed by atoms with Crippen LogP contribution in [0.15, 0.2) is 17.5 Å². The van der Waals surface area contributed by atoms with Crippen molar-refractivity contribution in [3.8, 4) is 0 Å². The maximum atomic E-state index is 12.0. The third-order valence-electron chi connectivity index (χ3n) is 3.77. The van der Waals surface area contributed by atoms with Gasteiger partial charge in [0.05, 0.1) is 4.88 Å². The van der Waals surface area contributed by atoms with Crippen LogP contribution in [0.3, 0.4) is 0 Å². The lowest BCUT2D eigenvalue weighted by atomic mass is 10.1. The van der Waals surface area contributed by atoms with Crippen molar-refractivity contribution in [2.45, 2.75) is 20.3 Å². The molecule has 0 saturated carbocycles. The van der Waals surface area contributed by atoms with Gasteiger partial charge in [0.1, 0.15) is 0 Å². The van der Waals surface area contributed by atoms with Crippen LogP contribution in [0.25, 0.3) is 0 Å². The molecule has 0 unspecified atom stereocenters. The van der Waals surface area contributed by atoms with Crippen LogP contribution in [0.1, 0.15) is 29.9 Å². The predicted molar refractivity (Wildman–Crippen MR) is 89.1 cm³/mol. The Morgan fingerprint density at radius 3 is 2.59 bits per heavy atom. The van der Waals surface area contributed by atoms with Gasteiger partial charge in [0.15, 0.2) is 0 Å². The van der Waals surface area contributed by atoms with Gasteiger partial charge in [0.2, 0.25) is 5.91 Å². The molecule has 1 aromatic rings. The summed E-state index contributed by atoms with van der Waals surface area (Å²) >= 11 is 1.46. The van der Waals surface area contributed by atoms with Crippen LogP contribution in [-0.4, -0.2) is 60.9 Å². The highest BCUT2D eigenvalue weighted by Gasteiger charge is 2.21. The molecule has 2 rings (SSSR count). The first-order chi connectivity index (χ1) is 10.6. The molecule has 1 aliphatic rings. The second kappa shape index (κ2) is 8.29. The third-order valence-corrected chi connectivity index (χ3v) is 4.64. The zero-order valence-electron chi connectivity index (χ0n) is 13.4. The molecule has 2 heterocycles. The van der Waals surface area contributed by atoms with Crippen molar-refractivity contribution in [3.05, 3.63) is 22.4 Å². The molecule has 0 spiro atoms. The summed E-state index contributed by atoms with van der Waals surface area (Å²) in [5, 5.41) is 4.85. The monoisotopic (exact) mass is 323 g/mol. The molecule has 1 aliphatic heterocycles. The van der Waals surface area contributed by atoms with Crippen LogP contribution in [0.2, 0.25) is 0 Å².